The number of thioether (sulfide) groups is 1. The van der Waals surface area contributed by atoms with Crippen LogP contribution in [0.15, 0.2) is 17.0 Å². The minimum absolute atomic E-state index is 0.186. The zero-order valence-corrected chi connectivity index (χ0v) is 8.55. The minimum Gasteiger partial charge on any atom is -0.316 e. The Bertz CT molecular complexity index is 285. The van der Waals surface area contributed by atoms with Crippen molar-refractivity contribution >= 4 is 23.4 Å². The van der Waals surface area contributed by atoms with Gasteiger partial charge in [-0.3, -0.25) is 0 Å². The highest BCUT2D eigenvalue weighted by Crippen LogP contribution is 2.29. The molecule has 0 aliphatic rings. The molecule has 72 valence electrons. The molecule has 5 heteroatoms. The number of hydroxylamine groups is 1. The first-order chi connectivity index (χ1) is 6.19. The molecular weight excluding hydrogens is 213 g/mol. The molecule has 2 nitrogen and oxygen atoms in total. The Morgan fingerprint density at radius 2 is 2.31 bits per heavy atom. The van der Waals surface area contributed by atoms with Crippen LogP contribution in [0.3, 0.4) is 0 Å². The number of halogens is 2. The van der Waals surface area contributed by atoms with Gasteiger partial charge >= 0.3 is 0 Å². The van der Waals surface area contributed by atoms with Crippen LogP contribution >= 0.6 is 23.4 Å². The first-order valence-corrected chi connectivity index (χ1v) is 5.18. The Kier molecular flexibility index (Phi) is 3.99. The zero-order chi connectivity index (χ0) is 9.84. The molecule has 0 bridgehead atoms. The Balaban J connectivity index is 3.05. The fourth-order valence-corrected chi connectivity index (χ4v) is 1.97. The Morgan fingerprint density at radius 1 is 1.62 bits per heavy atom. The van der Waals surface area contributed by atoms with Crippen molar-refractivity contribution < 1.29 is 9.60 Å². The van der Waals surface area contributed by atoms with E-state index in [1.807, 2.05) is 5.48 Å². The van der Waals surface area contributed by atoms with E-state index in [0.717, 1.165) is 0 Å². The van der Waals surface area contributed by atoms with Crippen molar-refractivity contribution in [2.24, 2.45) is 0 Å². The van der Waals surface area contributed by atoms with Crippen LogP contribution in [0.2, 0.25) is 5.02 Å². The predicted octanol–water partition coefficient (Wildman–Crippen LogP) is 2.68. The third kappa shape index (κ3) is 2.57. The number of hydrogen-bond donors (Lipinski definition) is 2. The zero-order valence-electron chi connectivity index (χ0n) is 6.97. The van der Waals surface area contributed by atoms with Crippen molar-refractivity contribution in [2.45, 2.75) is 11.4 Å². The molecule has 1 aromatic rings. The van der Waals surface area contributed by atoms with E-state index in [9.17, 15) is 4.39 Å². The number of nitrogens with one attached hydrogen (secondary N) is 1. The summed E-state index contributed by atoms with van der Waals surface area (Å²) in [6, 6.07) is 2.97. The Morgan fingerprint density at radius 3 is 2.77 bits per heavy atom. The smallest absolute Gasteiger partial charge is 0.138 e. The molecule has 1 rings (SSSR count). The van der Waals surface area contributed by atoms with Crippen molar-refractivity contribution in [3.05, 3.63) is 28.5 Å². The van der Waals surface area contributed by atoms with Crippen molar-refractivity contribution in [3.63, 3.8) is 0 Å². The topological polar surface area (TPSA) is 32.3 Å². The SMILES string of the molecule is CSc1c(F)cc(CNO)cc1Cl. The van der Waals surface area contributed by atoms with Crippen LogP contribution in [0.5, 0.6) is 0 Å². The highest BCUT2D eigenvalue weighted by atomic mass is 35.5. The molecule has 0 saturated carbocycles. The molecule has 0 aliphatic heterocycles. The van der Waals surface area contributed by atoms with E-state index in [1.165, 1.54) is 17.8 Å². The van der Waals surface area contributed by atoms with E-state index in [0.29, 0.717) is 15.5 Å². The quantitative estimate of drug-likeness (QED) is 0.608. The number of hydrogen-bond acceptors (Lipinski definition) is 3. The van der Waals surface area contributed by atoms with Gasteiger partial charge in [-0.25, -0.2) is 9.87 Å². The number of benzene rings is 1. The molecule has 0 atom stereocenters. The van der Waals surface area contributed by atoms with Gasteiger partial charge in [0.25, 0.3) is 0 Å². The summed E-state index contributed by atoms with van der Waals surface area (Å²) in [6.45, 7) is 0.186. The van der Waals surface area contributed by atoms with Crippen LogP contribution in [-0.4, -0.2) is 11.5 Å². The lowest BCUT2D eigenvalue weighted by Crippen LogP contribution is -2.06. The maximum absolute atomic E-state index is 13.2. The molecule has 0 fully saturated rings. The van der Waals surface area contributed by atoms with Crippen LogP contribution < -0.4 is 5.48 Å². The van der Waals surface area contributed by atoms with Crippen LogP contribution in [0.4, 0.5) is 4.39 Å². The standard InChI is InChI=1S/C8H9ClFNOS/c1-13-8-6(9)2-5(4-11-12)3-7(8)10/h2-3,11-12H,4H2,1H3. The molecule has 0 aromatic heterocycles. The third-order valence-electron chi connectivity index (χ3n) is 1.55. The molecule has 0 heterocycles. The summed E-state index contributed by atoms with van der Waals surface area (Å²) in [5.41, 5.74) is 2.56. The normalized spacial score (nSPS) is 10.5. The van der Waals surface area contributed by atoms with E-state index < -0.39 is 0 Å². The van der Waals surface area contributed by atoms with Gasteiger partial charge in [-0.05, 0) is 24.0 Å². The van der Waals surface area contributed by atoms with Crippen LogP contribution in [0.1, 0.15) is 5.56 Å². The molecular formula is C8H9ClFNOS. The molecule has 0 spiro atoms. The van der Waals surface area contributed by atoms with Crippen LogP contribution in [-0.2, 0) is 6.54 Å². The second-order valence-electron chi connectivity index (χ2n) is 2.43. The largest absolute Gasteiger partial charge is 0.316 e. The molecule has 0 saturated heterocycles. The fourth-order valence-electron chi connectivity index (χ4n) is 1.00. The lowest BCUT2D eigenvalue weighted by atomic mass is 10.2. The first-order valence-electron chi connectivity index (χ1n) is 3.58. The summed E-state index contributed by atoms with van der Waals surface area (Å²) >= 11 is 7.06. The van der Waals surface area contributed by atoms with Gasteiger partial charge in [0.05, 0.1) is 9.92 Å². The van der Waals surface area contributed by atoms with Gasteiger partial charge in [0.15, 0.2) is 0 Å². The van der Waals surface area contributed by atoms with E-state index in [1.54, 1.807) is 12.3 Å². The molecule has 0 radical (unpaired) electrons. The number of rotatable bonds is 3. The van der Waals surface area contributed by atoms with Gasteiger partial charge in [-0.15, -0.1) is 11.8 Å². The fraction of sp³-hybridized carbons (Fsp3) is 0.250. The lowest BCUT2D eigenvalue weighted by molar-refractivity contribution is 0.161. The van der Waals surface area contributed by atoms with Crippen molar-refractivity contribution in [2.75, 3.05) is 6.26 Å². The van der Waals surface area contributed by atoms with E-state index in [2.05, 4.69) is 0 Å². The molecule has 2 N–H and O–H groups in total. The van der Waals surface area contributed by atoms with Crippen molar-refractivity contribution in [1.29, 1.82) is 0 Å². The average Bonchev–Trinajstić information content (AvgIpc) is 2.04. The second-order valence-corrected chi connectivity index (χ2v) is 3.65. The van der Waals surface area contributed by atoms with E-state index >= 15 is 0 Å². The predicted molar refractivity (Wildman–Crippen MR) is 51.8 cm³/mol. The van der Waals surface area contributed by atoms with Crippen molar-refractivity contribution in [1.82, 2.24) is 5.48 Å². The highest BCUT2D eigenvalue weighted by Gasteiger charge is 2.07. The van der Waals surface area contributed by atoms with Gasteiger partial charge in [0.1, 0.15) is 5.82 Å². The van der Waals surface area contributed by atoms with E-state index in [4.69, 9.17) is 16.8 Å². The summed E-state index contributed by atoms with van der Waals surface area (Å²) in [4.78, 5) is 0.434. The third-order valence-corrected chi connectivity index (χ3v) is 2.78. The molecule has 0 amide bonds. The summed E-state index contributed by atoms with van der Waals surface area (Å²) < 4.78 is 13.2. The molecule has 1 aromatic carbocycles. The monoisotopic (exact) mass is 221 g/mol. The van der Waals surface area contributed by atoms with Gasteiger partial charge in [0, 0.05) is 6.54 Å². The molecule has 13 heavy (non-hydrogen) atoms. The Hall–Kier alpha value is -0.290. The first kappa shape index (κ1) is 10.8. The van der Waals surface area contributed by atoms with Gasteiger partial charge in [-0.2, -0.15) is 0 Å². The van der Waals surface area contributed by atoms with Crippen LogP contribution in [0.25, 0.3) is 0 Å². The summed E-state index contributed by atoms with van der Waals surface area (Å²) in [7, 11) is 0. The highest BCUT2D eigenvalue weighted by molar-refractivity contribution is 7.98. The van der Waals surface area contributed by atoms with Gasteiger partial charge in [0.2, 0.25) is 0 Å². The summed E-state index contributed by atoms with van der Waals surface area (Å²) in [5, 5.41) is 8.78. The summed E-state index contributed by atoms with van der Waals surface area (Å²) in [6.07, 6.45) is 1.76. The van der Waals surface area contributed by atoms with Gasteiger partial charge in [-0.1, -0.05) is 11.6 Å². The maximum Gasteiger partial charge on any atom is 0.138 e. The molecule has 0 unspecified atom stereocenters. The second kappa shape index (κ2) is 4.81. The van der Waals surface area contributed by atoms with E-state index in [-0.39, 0.29) is 12.4 Å². The summed E-state index contributed by atoms with van der Waals surface area (Å²) in [5.74, 6) is -0.356. The molecule has 0 aliphatic carbocycles. The van der Waals surface area contributed by atoms with Crippen molar-refractivity contribution in [3.8, 4) is 0 Å². The maximum atomic E-state index is 13.2. The van der Waals surface area contributed by atoms with Crippen LogP contribution in [0, 0.1) is 5.82 Å². The Labute approximate surface area is 85.1 Å². The lowest BCUT2D eigenvalue weighted by Gasteiger charge is -2.05. The average molecular weight is 222 g/mol. The van der Waals surface area contributed by atoms with Gasteiger partial charge < -0.3 is 5.21 Å². The minimum atomic E-state index is -0.356.